The number of thiophene rings is 1. The van der Waals surface area contributed by atoms with Crippen LogP contribution in [0.2, 0.25) is 4.34 Å². The maximum atomic E-state index is 11.7. The number of nitrogens with two attached hydrogens (primary N) is 1. The summed E-state index contributed by atoms with van der Waals surface area (Å²) in [4.78, 5) is 15.0. The van der Waals surface area contributed by atoms with Gasteiger partial charge in [0.15, 0.2) is 0 Å². The van der Waals surface area contributed by atoms with Crippen molar-refractivity contribution in [3.63, 3.8) is 0 Å². The minimum absolute atomic E-state index is 0.245. The van der Waals surface area contributed by atoms with Crippen LogP contribution in [0.15, 0.2) is 36.4 Å². The number of carbonyl (C=O) groups is 1. The lowest BCUT2D eigenvalue weighted by Crippen LogP contribution is -2.47. The molecule has 0 aliphatic carbocycles. The molecule has 0 radical (unpaired) electrons. The Hall–Kier alpha value is -1.36. The highest BCUT2D eigenvalue weighted by atomic mass is 35.5. The molecule has 3 rings (SSSR count). The Morgan fingerprint density at radius 2 is 2.05 bits per heavy atom. The molecule has 0 fully saturated rings. The molecule has 0 saturated heterocycles. The maximum absolute atomic E-state index is 11.7. The molecule has 0 bridgehead atoms. The molecule has 2 heterocycles. The van der Waals surface area contributed by atoms with Crippen molar-refractivity contribution in [3.8, 4) is 0 Å². The molecule has 20 heavy (non-hydrogen) atoms. The minimum atomic E-state index is -0.262. The average Bonchev–Trinajstić information content (AvgIpc) is 2.83. The number of fused-ring (bicyclic) bond motifs is 1. The van der Waals surface area contributed by atoms with Crippen molar-refractivity contribution >= 4 is 28.8 Å². The molecule has 1 aromatic carbocycles. The van der Waals surface area contributed by atoms with Gasteiger partial charge in [-0.15, -0.1) is 11.3 Å². The van der Waals surface area contributed by atoms with Gasteiger partial charge in [0.2, 0.25) is 5.91 Å². The van der Waals surface area contributed by atoms with Crippen molar-refractivity contribution in [3.05, 3.63) is 56.7 Å². The highest BCUT2D eigenvalue weighted by Gasteiger charge is 2.30. The molecule has 0 saturated carbocycles. The third kappa shape index (κ3) is 2.73. The number of rotatable bonds is 3. The Morgan fingerprint density at radius 3 is 2.70 bits per heavy atom. The third-order valence-electron chi connectivity index (χ3n) is 3.66. The Bertz CT molecular complexity index is 640. The molecule has 1 aromatic heterocycles. The summed E-state index contributed by atoms with van der Waals surface area (Å²) in [5, 5.41) is 0. The Balaban J connectivity index is 1.86. The van der Waals surface area contributed by atoms with E-state index in [1.807, 2.05) is 24.3 Å². The SMILES string of the molecule is NC(=O)C1Cc2ccccc2CN1Cc1ccc(Cl)s1. The molecule has 3 nitrogen and oxygen atoms in total. The number of nitrogens with zero attached hydrogens (tertiary/aromatic N) is 1. The van der Waals surface area contributed by atoms with Crippen LogP contribution >= 0.6 is 22.9 Å². The van der Waals surface area contributed by atoms with Crippen LogP contribution < -0.4 is 5.73 Å². The second kappa shape index (κ2) is 5.56. The van der Waals surface area contributed by atoms with E-state index >= 15 is 0 Å². The van der Waals surface area contributed by atoms with Gasteiger partial charge < -0.3 is 5.73 Å². The van der Waals surface area contributed by atoms with E-state index in [4.69, 9.17) is 17.3 Å². The Labute approximate surface area is 127 Å². The molecular formula is C15H15ClN2OS. The van der Waals surface area contributed by atoms with Gasteiger partial charge in [0, 0.05) is 18.0 Å². The lowest BCUT2D eigenvalue weighted by molar-refractivity contribution is -0.124. The predicted molar refractivity (Wildman–Crippen MR) is 81.7 cm³/mol. The van der Waals surface area contributed by atoms with E-state index in [1.165, 1.54) is 11.1 Å². The lowest BCUT2D eigenvalue weighted by Gasteiger charge is -2.34. The third-order valence-corrected chi connectivity index (χ3v) is 4.88. The minimum Gasteiger partial charge on any atom is -0.368 e. The summed E-state index contributed by atoms with van der Waals surface area (Å²) < 4.78 is 0.771. The molecule has 1 amide bonds. The first-order valence-electron chi connectivity index (χ1n) is 6.48. The Morgan fingerprint density at radius 1 is 1.30 bits per heavy atom. The first kappa shape index (κ1) is 13.6. The number of carbonyl (C=O) groups excluding carboxylic acids is 1. The van der Waals surface area contributed by atoms with Crippen LogP contribution in [-0.2, 0) is 24.3 Å². The van der Waals surface area contributed by atoms with Crippen LogP contribution in [-0.4, -0.2) is 16.8 Å². The zero-order chi connectivity index (χ0) is 14.1. The fourth-order valence-corrected chi connectivity index (χ4v) is 3.77. The smallest absolute Gasteiger partial charge is 0.235 e. The topological polar surface area (TPSA) is 46.3 Å². The first-order valence-corrected chi connectivity index (χ1v) is 7.67. The van der Waals surface area contributed by atoms with Gasteiger partial charge in [-0.25, -0.2) is 0 Å². The number of hydrogen-bond donors (Lipinski definition) is 1. The summed E-state index contributed by atoms with van der Waals surface area (Å²) in [6.07, 6.45) is 0.685. The molecule has 2 N–H and O–H groups in total. The highest BCUT2D eigenvalue weighted by molar-refractivity contribution is 7.16. The summed E-state index contributed by atoms with van der Waals surface area (Å²) in [5.74, 6) is -0.262. The van der Waals surface area contributed by atoms with E-state index in [1.54, 1.807) is 11.3 Å². The van der Waals surface area contributed by atoms with Crippen LogP contribution in [0.1, 0.15) is 16.0 Å². The van der Waals surface area contributed by atoms with Crippen molar-refractivity contribution in [1.82, 2.24) is 4.90 Å². The normalized spacial score (nSPS) is 18.8. The zero-order valence-corrected chi connectivity index (χ0v) is 12.5. The number of amides is 1. The number of halogens is 1. The van der Waals surface area contributed by atoms with Crippen molar-refractivity contribution < 1.29 is 4.79 Å². The van der Waals surface area contributed by atoms with Crippen LogP contribution in [0.25, 0.3) is 0 Å². The fourth-order valence-electron chi connectivity index (χ4n) is 2.66. The van der Waals surface area contributed by atoms with Crippen LogP contribution in [0.3, 0.4) is 0 Å². The van der Waals surface area contributed by atoms with Gasteiger partial charge in [-0.2, -0.15) is 0 Å². The second-order valence-electron chi connectivity index (χ2n) is 5.00. The van der Waals surface area contributed by atoms with E-state index in [0.717, 1.165) is 15.8 Å². The zero-order valence-electron chi connectivity index (χ0n) is 10.9. The van der Waals surface area contributed by atoms with Crippen LogP contribution in [0.4, 0.5) is 0 Å². The summed E-state index contributed by atoms with van der Waals surface area (Å²) in [6.45, 7) is 1.46. The molecule has 1 unspecified atom stereocenters. The summed E-state index contributed by atoms with van der Waals surface area (Å²) in [5.41, 5.74) is 8.06. The highest BCUT2D eigenvalue weighted by Crippen LogP contribution is 2.28. The average molecular weight is 307 g/mol. The molecule has 2 aromatic rings. The van der Waals surface area contributed by atoms with Crippen molar-refractivity contribution in [1.29, 1.82) is 0 Å². The van der Waals surface area contributed by atoms with Gasteiger partial charge in [0.1, 0.15) is 0 Å². The van der Waals surface area contributed by atoms with Crippen LogP contribution in [0, 0.1) is 0 Å². The molecule has 1 aliphatic rings. The van der Waals surface area contributed by atoms with Gasteiger partial charge in [-0.05, 0) is 29.7 Å². The summed E-state index contributed by atoms with van der Waals surface area (Å²) in [7, 11) is 0. The van der Waals surface area contributed by atoms with Crippen molar-refractivity contribution in [2.75, 3.05) is 0 Å². The first-order chi connectivity index (χ1) is 9.63. The molecule has 104 valence electrons. The van der Waals surface area contributed by atoms with Gasteiger partial charge in [-0.1, -0.05) is 35.9 Å². The molecule has 5 heteroatoms. The quantitative estimate of drug-likeness (QED) is 0.948. The summed E-state index contributed by atoms with van der Waals surface area (Å²) in [6, 6.07) is 11.9. The van der Waals surface area contributed by atoms with Crippen molar-refractivity contribution in [2.24, 2.45) is 5.73 Å². The van der Waals surface area contributed by atoms with E-state index in [-0.39, 0.29) is 11.9 Å². The largest absolute Gasteiger partial charge is 0.368 e. The van der Waals surface area contributed by atoms with Crippen molar-refractivity contribution in [2.45, 2.75) is 25.6 Å². The summed E-state index contributed by atoms with van der Waals surface area (Å²) >= 11 is 7.51. The van der Waals surface area contributed by atoms with Crippen LogP contribution in [0.5, 0.6) is 0 Å². The molecular weight excluding hydrogens is 292 g/mol. The van der Waals surface area contributed by atoms with E-state index < -0.39 is 0 Å². The number of hydrogen-bond acceptors (Lipinski definition) is 3. The monoisotopic (exact) mass is 306 g/mol. The molecule has 1 aliphatic heterocycles. The maximum Gasteiger partial charge on any atom is 0.235 e. The predicted octanol–water partition coefficient (Wildman–Crippen LogP) is 2.81. The standard InChI is InChI=1S/C15H15ClN2OS/c16-14-6-5-12(20-14)9-18-8-11-4-2-1-3-10(11)7-13(18)15(17)19/h1-6,13H,7-9H2,(H2,17,19). The molecule has 1 atom stereocenters. The molecule has 0 spiro atoms. The number of primary amides is 1. The lowest BCUT2D eigenvalue weighted by atomic mass is 9.93. The van der Waals surface area contributed by atoms with Gasteiger partial charge in [0.05, 0.1) is 10.4 Å². The van der Waals surface area contributed by atoms with E-state index in [9.17, 15) is 4.79 Å². The van der Waals surface area contributed by atoms with Gasteiger partial charge in [-0.3, -0.25) is 9.69 Å². The van der Waals surface area contributed by atoms with Gasteiger partial charge in [0.25, 0.3) is 0 Å². The van der Waals surface area contributed by atoms with Gasteiger partial charge >= 0.3 is 0 Å². The second-order valence-corrected chi connectivity index (χ2v) is 6.80. The Kier molecular flexibility index (Phi) is 3.78. The fraction of sp³-hybridized carbons (Fsp3) is 0.267. The van der Waals surface area contributed by atoms with E-state index in [2.05, 4.69) is 17.0 Å². The number of benzene rings is 1. The van der Waals surface area contributed by atoms with E-state index in [0.29, 0.717) is 13.0 Å².